The number of carbonyl (C=O) groups is 3. The van der Waals surface area contributed by atoms with Crippen LogP contribution in [-0.2, 0) is 19.0 Å². The lowest BCUT2D eigenvalue weighted by molar-refractivity contribution is -0.258. The van der Waals surface area contributed by atoms with E-state index in [0.717, 1.165) is 19.2 Å². The second-order valence-electron chi connectivity index (χ2n) is 11.4. The molecule has 12 heteroatoms. The number of methoxy groups -OCH3 is 1. The number of esters is 1. The monoisotopic (exact) mass is 585 g/mol. The smallest absolute Gasteiger partial charge is 0.316 e. The van der Waals surface area contributed by atoms with Gasteiger partial charge in [0, 0.05) is 30.0 Å². The lowest BCUT2D eigenvalue weighted by Gasteiger charge is -2.46. The molecule has 2 aromatic rings. The number of phenolic OH excluding ortho intramolecular Hbond substituents is 3. The minimum absolute atomic E-state index is 0.00436. The zero-order chi connectivity index (χ0) is 30.8. The first-order chi connectivity index (χ1) is 19.7. The first kappa shape index (κ1) is 29.9. The van der Waals surface area contributed by atoms with Crippen molar-refractivity contribution >= 4 is 17.5 Å². The summed E-state index contributed by atoms with van der Waals surface area (Å²) >= 11 is 0. The molecule has 2 aromatic carbocycles. The summed E-state index contributed by atoms with van der Waals surface area (Å²) in [6, 6.07) is 3.05. The van der Waals surface area contributed by atoms with Crippen molar-refractivity contribution in [3.8, 4) is 17.2 Å². The molecule has 42 heavy (non-hydrogen) atoms. The van der Waals surface area contributed by atoms with Crippen molar-refractivity contribution in [2.75, 3.05) is 21.2 Å². The predicted octanol–water partition coefficient (Wildman–Crippen LogP) is 1.86. The van der Waals surface area contributed by atoms with Gasteiger partial charge in [0.2, 0.25) is 5.78 Å². The molecule has 226 valence electrons. The third-order valence-corrected chi connectivity index (χ3v) is 8.87. The molecule has 1 heterocycles. The van der Waals surface area contributed by atoms with Gasteiger partial charge in [0.05, 0.1) is 47.7 Å². The lowest BCUT2D eigenvalue weighted by Crippen LogP contribution is -2.54. The second kappa shape index (κ2) is 10.6. The first-order valence-electron chi connectivity index (χ1n) is 13.7. The van der Waals surface area contributed by atoms with Crippen LogP contribution < -0.4 is 0 Å². The molecule has 1 fully saturated rings. The first-order valence-corrected chi connectivity index (χ1v) is 13.7. The summed E-state index contributed by atoms with van der Waals surface area (Å²) in [5.74, 6) is -5.69. The third-order valence-electron chi connectivity index (χ3n) is 8.87. The van der Waals surface area contributed by atoms with Gasteiger partial charge in [-0.1, -0.05) is 6.92 Å². The molecule has 4 unspecified atom stereocenters. The molecule has 0 aromatic heterocycles. The van der Waals surface area contributed by atoms with E-state index >= 15 is 0 Å². The zero-order valence-corrected chi connectivity index (χ0v) is 24.0. The molecule has 0 amide bonds. The fourth-order valence-electron chi connectivity index (χ4n) is 6.56. The molecule has 1 saturated heterocycles. The number of hydrogen-bond acceptors (Lipinski definition) is 12. The molecule has 0 radical (unpaired) electrons. The number of carbonyl (C=O) groups excluding carboxylic acids is 3. The van der Waals surface area contributed by atoms with E-state index in [0.29, 0.717) is 0 Å². The molecule has 3 aliphatic rings. The number of hydrogen-bond donors (Lipinski definition) is 5. The van der Waals surface area contributed by atoms with E-state index in [-0.39, 0.29) is 42.0 Å². The molecule has 0 saturated carbocycles. The number of aliphatic hydroxyl groups excluding tert-OH is 1. The Bertz CT molecular complexity index is 1470. The quantitative estimate of drug-likeness (QED) is 0.217. The molecule has 0 bridgehead atoms. The van der Waals surface area contributed by atoms with Crippen LogP contribution in [-0.4, -0.2) is 99.3 Å². The number of phenols is 3. The Hall–Kier alpha value is -3.55. The number of rotatable bonds is 5. The van der Waals surface area contributed by atoms with Crippen LogP contribution in [0.2, 0.25) is 0 Å². The summed E-state index contributed by atoms with van der Waals surface area (Å²) in [6.07, 6.45) is -3.34. The Kier molecular flexibility index (Phi) is 7.57. The van der Waals surface area contributed by atoms with Crippen molar-refractivity contribution in [3.05, 3.63) is 51.6 Å². The molecule has 5 rings (SSSR count). The Balaban J connectivity index is 1.70. The van der Waals surface area contributed by atoms with Crippen molar-refractivity contribution in [1.82, 2.24) is 4.90 Å². The summed E-state index contributed by atoms with van der Waals surface area (Å²) in [7, 11) is 4.76. The third kappa shape index (κ3) is 4.45. The standard InChI is InChI=1S/C30H35NO11/c1-6-30(39)11-18(42-19-10-15(31(3)4)25(34)12(2)41-19)20-13(24(30)29(38)40-5)9-14-21(27(20)36)28(37)23-17(33)8-7-16(32)22(23)26(14)35/h7-9,12,15,18-19,24-25,32-34,36,39H,6,10-11H2,1-5H3/t12?,15?,18-,19?,24-,25?,30+/m0/s1. The summed E-state index contributed by atoms with van der Waals surface area (Å²) in [5, 5.41) is 54.9. The predicted molar refractivity (Wildman–Crippen MR) is 146 cm³/mol. The minimum Gasteiger partial charge on any atom is -0.507 e. The highest BCUT2D eigenvalue weighted by Crippen LogP contribution is 2.54. The van der Waals surface area contributed by atoms with E-state index in [1.54, 1.807) is 13.8 Å². The van der Waals surface area contributed by atoms with Crippen LogP contribution in [0.4, 0.5) is 0 Å². The molecule has 12 nitrogen and oxygen atoms in total. The van der Waals surface area contributed by atoms with Crippen LogP contribution in [0.1, 0.15) is 88.1 Å². The number of benzene rings is 2. The van der Waals surface area contributed by atoms with Crippen LogP contribution in [0.15, 0.2) is 18.2 Å². The Labute approximate surface area is 242 Å². The van der Waals surface area contributed by atoms with Crippen LogP contribution in [0, 0.1) is 0 Å². The normalized spacial score (nSPS) is 30.5. The maximum Gasteiger partial charge on any atom is 0.316 e. The van der Waals surface area contributed by atoms with Gasteiger partial charge in [-0.05, 0) is 51.2 Å². The maximum absolute atomic E-state index is 13.7. The van der Waals surface area contributed by atoms with Crippen molar-refractivity contribution in [2.24, 2.45) is 0 Å². The number of ketones is 2. The van der Waals surface area contributed by atoms with Gasteiger partial charge in [-0.15, -0.1) is 0 Å². The van der Waals surface area contributed by atoms with E-state index in [2.05, 4.69) is 0 Å². The van der Waals surface area contributed by atoms with Crippen molar-refractivity contribution in [2.45, 2.75) is 75.3 Å². The minimum atomic E-state index is -1.74. The van der Waals surface area contributed by atoms with Gasteiger partial charge in [0.25, 0.3) is 0 Å². The zero-order valence-electron chi connectivity index (χ0n) is 24.0. The highest BCUT2D eigenvalue weighted by Gasteiger charge is 2.53. The van der Waals surface area contributed by atoms with Crippen LogP contribution in [0.5, 0.6) is 17.2 Å². The van der Waals surface area contributed by atoms with Gasteiger partial charge in [0.15, 0.2) is 12.1 Å². The van der Waals surface area contributed by atoms with E-state index in [4.69, 9.17) is 14.2 Å². The summed E-state index contributed by atoms with van der Waals surface area (Å²) in [6.45, 7) is 3.36. The van der Waals surface area contributed by atoms with Gasteiger partial charge in [0.1, 0.15) is 23.2 Å². The average molecular weight is 586 g/mol. The number of nitrogens with zero attached hydrogens (tertiary/aromatic N) is 1. The van der Waals surface area contributed by atoms with Crippen molar-refractivity contribution in [1.29, 1.82) is 0 Å². The molecular weight excluding hydrogens is 550 g/mol. The topological polar surface area (TPSA) is 183 Å². The highest BCUT2D eigenvalue weighted by molar-refractivity contribution is 6.31. The van der Waals surface area contributed by atoms with Crippen LogP contribution in [0.25, 0.3) is 0 Å². The molecule has 0 spiro atoms. The number of aliphatic hydroxyl groups is 2. The van der Waals surface area contributed by atoms with E-state index in [9.17, 15) is 39.9 Å². The molecule has 5 N–H and O–H groups in total. The molecule has 7 atom stereocenters. The van der Waals surface area contributed by atoms with Gasteiger partial charge in [-0.3, -0.25) is 14.4 Å². The Morgan fingerprint density at radius 2 is 1.71 bits per heavy atom. The fraction of sp³-hybridized carbons (Fsp3) is 0.500. The fourth-order valence-corrected chi connectivity index (χ4v) is 6.56. The van der Waals surface area contributed by atoms with Gasteiger partial charge in [-0.25, -0.2) is 0 Å². The van der Waals surface area contributed by atoms with E-state index < -0.39 is 87.6 Å². The van der Waals surface area contributed by atoms with Gasteiger partial charge in [-0.2, -0.15) is 0 Å². The maximum atomic E-state index is 13.7. The number of fused-ring (bicyclic) bond motifs is 3. The Morgan fingerprint density at radius 3 is 2.29 bits per heavy atom. The summed E-state index contributed by atoms with van der Waals surface area (Å²) in [4.78, 5) is 42.2. The van der Waals surface area contributed by atoms with Gasteiger partial charge >= 0.3 is 5.97 Å². The molecular formula is C30H35NO11. The largest absolute Gasteiger partial charge is 0.507 e. The van der Waals surface area contributed by atoms with Crippen LogP contribution in [0.3, 0.4) is 0 Å². The van der Waals surface area contributed by atoms with Crippen LogP contribution >= 0.6 is 0 Å². The SMILES string of the molecule is CC[C@@]1(O)C[C@H](OC2CC(N(C)C)C(O)C(C)O2)c2c(cc3c(c2O)C(=O)c2c(O)ccc(O)c2C3=O)[C@H]1C(=O)OC. The van der Waals surface area contributed by atoms with Gasteiger partial charge < -0.3 is 44.6 Å². The lowest BCUT2D eigenvalue weighted by atomic mass is 9.67. The van der Waals surface area contributed by atoms with E-state index in [1.807, 2.05) is 19.0 Å². The average Bonchev–Trinajstić information content (AvgIpc) is 2.93. The number of likely N-dealkylation sites (N-methyl/N-ethyl adjacent to an activating group) is 1. The second-order valence-corrected chi connectivity index (χ2v) is 11.4. The number of aromatic hydroxyl groups is 3. The van der Waals surface area contributed by atoms with Crippen molar-refractivity contribution in [3.63, 3.8) is 0 Å². The number of ether oxygens (including phenoxy) is 3. The molecule has 1 aliphatic heterocycles. The molecule has 2 aliphatic carbocycles. The Morgan fingerprint density at radius 1 is 1.10 bits per heavy atom. The summed E-state index contributed by atoms with van der Waals surface area (Å²) in [5.41, 5.74) is -3.36. The van der Waals surface area contributed by atoms with E-state index in [1.165, 1.54) is 6.07 Å². The van der Waals surface area contributed by atoms with Crippen molar-refractivity contribution < 1.29 is 54.1 Å². The summed E-state index contributed by atoms with van der Waals surface area (Å²) < 4.78 is 17.3. The highest BCUT2D eigenvalue weighted by atomic mass is 16.7.